The van der Waals surface area contributed by atoms with Gasteiger partial charge >= 0.3 is 0 Å². The molecule has 2 aromatic rings. The SMILES string of the molecule is c1cc(P(C2CCCC2)C2CCCC2)c(-c2c(P(C3CCCC3)C3CCCC3)ccc3c2CCCC3)c2c1CCCC2. The molecule has 6 aliphatic carbocycles. The summed E-state index contributed by atoms with van der Waals surface area (Å²) in [6.07, 6.45) is 35.2. The molecule has 4 fully saturated rings. The van der Waals surface area contributed by atoms with Crippen LogP contribution in [-0.4, -0.2) is 22.6 Å². The van der Waals surface area contributed by atoms with E-state index in [9.17, 15) is 0 Å². The summed E-state index contributed by atoms with van der Waals surface area (Å²) in [7, 11) is -0.152. The number of hydrogen-bond acceptors (Lipinski definition) is 0. The fourth-order valence-corrected chi connectivity index (χ4v) is 18.7. The lowest BCUT2D eigenvalue weighted by Gasteiger charge is -2.38. The summed E-state index contributed by atoms with van der Waals surface area (Å²) in [5.41, 5.74) is 15.0. The van der Waals surface area contributed by atoms with Crippen LogP contribution >= 0.6 is 15.8 Å². The van der Waals surface area contributed by atoms with E-state index in [0.717, 1.165) is 22.6 Å². The van der Waals surface area contributed by atoms with Crippen LogP contribution < -0.4 is 10.6 Å². The lowest BCUT2D eigenvalue weighted by atomic mass is 9.81. The Morgan fingerprint density at radius 3 is 1.00 bits per heavy atom. The predicted molar refractivity (Wildman–Crippen MR) is 187 cm³/mol. The quantitative estimate of drug-likeness (QED) is 0.278. The van der Waals surface area contributed by atoms with E-state index in [0.29, 0.717) is 0 Å². The molecule has 0 amide bonds. The highest BCUT2D eigenvalue weighted by atomic mass is 31.1. The molecule has 8 rings (SSSR count). The van der Waals surface area contributed by atoms with E-state index >= 15 is 0 Å². The molecule has 4 saturated carbocycles. The van der Waals surface area contributed by atoms with Crippen LogP contribution in [-0.2, 0) is 25.7 Å². The fraction of sp³-hybridized carbons (Fsp3) is 0.700. The minimum Gasteiger partial charge on any atom is -0.0683 e. The lowest BCUT2D eigenvalue weighted by Crippen LogP contribution is -2.28. The Balaban J connectivity index is 1.38. The van der Waals surface area contributed by atoms with Crippen molar-refractivity contribution < 1.29 is 0 Å². The molecule has 226 valence electrons. The van der Waals surface area contributed by atoms with Gasteiger partial charge in [0.05, 0.1) is 0 Å². The van der Waals surface area contributed by atoms with Gasteiger partial charge in [0.2, 0.25) is 0 Å². The third-order valence-corrected chi connectivity index (χ3v) is 19.8. The molecule has 2 heteroatoms. The first-order valence-corrected chi connectivity index (χ1v) is 21.7. The van der Waals surface area contributed by atoms with Crippen LogP contribution in [0.3, 0.4) is 0 Å². The largest absolute Gasteiger partial charge is 0.0683 e. The van der Waals surface area contributed by atoms with E-state index in [1.54, 1.807) is 11.1 Å². The Kier molecular flexibility index (Phi) is 8.87. The zero-order valence-corrected chi connectivity index (χ0v) is 28.3. The third-order valence-electron chi connectivity index (χ3n) is 12.7. The summed E-state index contributed by atoms with van der Waals surface area (Å²) in [6, 6.07) is 10.9. The van der Waals surface area contributed by atoms with Crippen molar-refractivity contribution in [2.75, 3.05) is 0 Å². The third kappa shape index (κ3) is 5.40. The normalized spacial score (nSPS) is 24.3. The van der Waals surface area contributed by atoms with E-state index in [1.807, 2.05) is 32.9 Å². The summed E-state index contributed by atoms with van der Waals surface area (Å²) in [5.74, 6) is 0. The van der Waals surface area contributed by atoms with Gasteiger partial charge in [-0.2, -0.15) is 0 Å². The van der Waals surface area contributed by atoms with Gasteiger partial charge in [0, 0.05) is 0 Å². The summed E-state index contributed by atoms with van der Waals surface area (Å²) in [4.78, 5) is 0. The molecule has 0 unspecified atom stereocenters. The maximum Gasteiger partial charge on any atom is -0.00626 e. The monoisotopic (exact) mass is 598 g/mol. The molecule has 6 aliphatic rings. The highest BCUT2D eigenvalue weighted by Crippen LogP contribution is 2.61. The molecule has 0 saturated heterocycles. The van der Waals surface area contributed by atoms with Crippen molar-refractivity contribution in [3.8, 4) is 11.1 Å². The van der Waals surface area contributed by atoms with Gasteiger partial charge in [0.25, 0.3) is 0 Å². The zero-order chi connectivity index (χ0) is 27.9. The van der Waals surface area contributed by atoms with Crippen LogP contribution in [0, 0.1) is 0 Å². The number of hydrogen-bond donors (Lipinski definition) is 0. The van der Waals surface area contributed by atoms with E-state index < -0.39 is 0 Å². The van der Waals surface area contributed by atoms with Crippen molar-refractivity contribution >= 4 is 26.5 Å². The molecule has 0 radical (unpaired) electrons. The average Bonchev–Trinajstić information content (AvgIpc) is 3.87. The first-order chi connectivity index (χ1) is 20.9. The van der Waals surface area contributed by atoms with Crippen molar-refractivity contribution in [1.29, 1.82) is 0 Å². The van der Waals surface area contributed by atoms with Gasteiger partial charge in [0.15, 0.2) is 0 Å². The lowest BCUT2D eigenvalue weighted by molar-refractivity contribution is 0.682. The molecule has 0 nitrogen and oxygen atoms in total. The van der Waals surface area contributed by atoms with Crippen molar-refractivity contribution in [3.63, 3.8) is 0 Å². The Hall–Kier alpha value is -0.700. The smallest absolute Gasteiger partial charge is 0.00626 e. The minimum atomic E-state index is -0.0758. The minimum absolute atomic E-state index is 0.0758. The predicted octanol–water partition coefficient (Wildman–Crippen LogP) is 11.1. The molecule has 0 N–H and O–H groups in total. The first kappa shape index (κ1) is 28.8. The second-order valence-electron chi connectivity index (χ2n) is 15.2. The molecule has 0 bridgehead atoms. The number of benzene rings is 2. The summed E-state index contributed by atoms with van der Waals surface area (Å²) < 4.78 is 0. The second-order valence-corrected chi connectivity index (χ2v) is 20.7. The van der Waals surface area contributed by atoms with Crippen LogP contribution in [0.1, 0.15) is 151 Å². The van der Waals surface area contributed by atoms with E-state index in [4.69, 9.17) is 0 Å². The first-order valence-electron chi connectivity index (χ1n) is 18.7. The van der Waals surface area contributed by atoms with Crippen LogP contribution in [0.5, 0.6) is 0 Å². The topological polar surface area (TPSA) is 0 Å². The molecule has 0 spiro atoms. The number of fused-ring (bicyclic) bond motifs is 2. The van der Waals surface area contributed by atoms with E-state index in [2.05, 4.69) is 24.3 Å². The van der Waals surface area contributed by atoms with E-state index in [1.165, 1.54) is 154 Å². The van der Waals surface area contributed by atoms with Crippen LogP contribution in [0.4, 0.5) is 0 Å². The number of aryl methyl sites for hydroxylation is 2. The maximum atomic E-state index is 2.79. The standard InChI is InChI=1S/C40H56P2/c1-11-23-35-29(13-1)25-27-37(41(31-15-3-4-16-31)32-17-5-6-18-32)39(35)40-36-24-12-2-14-30(36)26-28-38(40)42(33-19-7-8-20-33)34-21-9-10-22-34/h25-28,31-34H,1-24H2. The van der Waals surface area contributed by atoms with Crippen LogP contribution in [0.25, 0.3) is 11.1 Å². The highest BCUT2D eigenvalue weighted by Gasteiger charge is 2.40. The van der Waals surface area contributed by atoms with Crippen LogP contribution in [0.2, 0.25) is 0 Å². The highest BCUT2D eigenvalue weighted by molar-refractivity contribution is 7.68. The summed E-state index contributed by atoms with van der Waals surface area (Å²) in [5, 5.41) is 3.86. The zero-order valence-electron chi connectivity index (χ0n) is 26.5. The molecule has 0 atom stereocenters. The van der Waals surface area contributed by atoms with Gasteiger partial charge in [-0.05, 0) is 169 Å². The van der Waals surface area contributed by atoms with Crippen molar-refractivity contribution in [1.82, 2.24) is 0 Å². The Bertz CT molecular complexity index is 1110. The summed E-state index contributed by atoms with van der Waals surface area (Å²) in [6.45, 7) is 0. The van der Waals surface area contributed by atoms with Gasteiger partial charge in [-0.15, -0.1) is 0 Å². The Morgan fingerprint density at radius 2 is 0.667 bits per heavy atom. The Morgan fingerprint density at radius 1 is 0.357 bits per heavy atom. The van der Waals surface area contributed by atoms with Gasteiger partial charge in [-0.1, -0.05) is 91.5 Å². The Labute approximate surface area is 260 Å². The van der Waals surface area contributed by atoms with Crippen LogP contribution in [0.15, 0.2) is 24.3 Å². The molecular formula is C40H56P2. The van der Waals surface area contributed by atoms with Gasteiger partial charge < -0.3 is 0 Å². The van der Waals surface area contributed by atoms with Gasteiger partial charge in [0.1, 0.15) is 0 Å². The molecule has 2 aromatic carbocycles. The second kappa shape index (κ2) is 13.0. The average molecular weight is 599 g/mol. The molecular weight excluding hydrogens is 542 g/mol. The fourth-order valence-electron chi connectivity index (χ4n) is 10.7. The van der Waals surface area contributed by atoms with Gasteiger partial charge in [-0.3, -0.25) is 0 Å². The molecule has 0 heterocycles. The molecule has 0 aromatic heterocycles. The number of rotatable bonds is 7. The van der Waals surface area contributed by atoms with Crippen molar-refractivity contribution in [2.45, 2.75) is 177 Å². The van der Waals surface area contributed by atoms with E-state index in [-0.39, 0.29) is 15.8 Å². The summed E-state index contributed by atoms with van der Waals surface area (Å²) >= 11 is 0. The van der Waals surface area contributed by atoms with Gasteiger partial charge in [-0.25, -0.2) is 0 Å². The maximum absolute atomic E-state index is 2.79. The molecule has 42 heavy (non-hydrogen) atoms. The van der Waals surface area contributed by atoms with Crippen molar-refractivity contribution in [2.24, 2.45) is 0 Å². The van der Waals surface area contributed by atoms with Crippen molar-refractivity contribution in [3.05, 3.63) is 46.5 Å². The molecule has 0 aliphatic heterocycles.